The lowest BCUT2D eigenvalue weighted by Crippen LogP contribution is -2.13. The minimum atomic E-state index is 0.207. The molecule has 0 aliphatic heterocycles. The minimum Gasteiger partial charge on any atom is -0.323 e. The van der Waals surface area contributed by atoms with Crippen molar-refractivity contribution in [3.05, 3.63) is 21.9 Å². The van der Waals surface area contributed by atoms with Crippen molar-refractivity contribution < 1.29 is 0 Å². The highest BCUT2D eigenvalue weighted by Gasteiger charge is 2.09. The maximum Gasteiger partial charge on any atom is 0.0395 e. The molecular weight excluding hydrogens is 210 g/mol. The van der Waals surface area contributed by atoms with E-state index < -0.39 is 0 Å². The van der Waals surface area contributed by atoms with Gasteiger partial charge in [-0.3, -0.25) is 0 Å². The van der Waals surface area contributed by atoms with E-state index in [1.165, 1.54) is 16.9 Å². The molecule has 1 rings (SSSR count). The quantitative estimate of drug-likeness (QED) is 0.835. The molecule has 0 fully saturated rings. The van der Waals surface area contributed by atoms with E-state index >= 15 is 0 Å². The maximum atomic E-state index is 6.10. The van der Waals surface area contributed by atoms with Gasteiger partial charge in [-0.25, -0.2) is 0 Å². The lowest BCUT2D eigenvalue weighted by Gasteiger charge is -2.12. The van der Waals surface area contributed by atoms with E-state index in [-0.39, 0.29) is 6.04 Å². The van der Waals surface area contributed by atoms with E-state index in [9.17, 15) is 0 Å². The summed E-state index contributed by atoms with van der Waals surface area (Å²) in [5.74, 6) is 1.03. The predicted molar refractivity (Wildman–Crippen MR) is 68.2 cm³/mol. The fraction of sp³-hybridized carbons (Fsp3) is 0.636. The third kappa shape index (κ3) is 3.64. The molecule has 14 heavy (non-hydrogen) atoms. The van der Waals surface area contributed by atoms with Crippen molar-refractivity contribution in [1.29, 1.82) is 0 Å². The maximum absolute atomic E-state index is 6.10. The molecular formula is C11H19NS2. The molecule has 0 radical (unpaired) electrons. The van der Waals surface area contributed by atoms with Crippen LogP contribution in [0.5, 0.6) is 0 Å². The van der Waals surface area contributed by atoms with Crippen LogP contribution in [0.25, 0.3) is 0 Å². The van der Waals surface area contributed by atoms with Crippen LogP contribution in [-0.2, 0) is 0 Å². The predicted octanol–water partition coefficient (Wildman–Crippen LogP) is 3.59. The monoisotopic (exact) mass is 229 g/mol. The van der Waals surface area contributed by atoms with E-state index in [4.69, 9.17) is 5.73 Å². The SMILES string of the molecule is CCC(C)SCC(N)c1csc(C)c1. The van der Waals surface area contributed by atoms with Gasteiger partial charge in [-0.05, 0) is 30.4 Å². The van der Waals surface area contributed by atoms with Crippen molar-refractivity contribution in [2.75, 3.05) is 5.75 Å². The van der Waals surface area contributed by atoms with Crippen LogP contribution in [0.4, 0.5) is 0 Å². The highest BCUT2D eigenvalue weighted by Crippen LogP contribution is 2.24. The Hall–Kier alpha value is 0.0100. The van der Waals surface area contributed by atoms with Crippen LogP contribution in [0.1, 0.15) is 36.8 Å². The van der Waals surface area contributed by atoms with Gasteiger partial charge in [-0.15, -0.1) is 11.3 Å². The summed E-state index contributed by atoms with van der Waals surface area (Å²) in [7, 11) is 0. The van der Waals surface area contributed by atoms with Crippen LogP contribution in [0.3, 0.4) is 0 Å². The first-order valence-electron chi connectivity index (χ1n) is 5.05. The van der Waals surface area contributed by atoms with Crippen LogP contribution in [0.15, 0.2) is 11.4 Å². The van der Waals surface area contributed by atoms with Gasteiger partial charge < -0.3 is 5.73 Å². The zero-order valence-corrected chi connectivity index (χ0v) is 10.8. The lowest BCUT2D eigenvalue weighted by atomic mass is 10.2. The van der Waals surface area contributed by atoms with E-state index in [2.05, 4.69) is 32.2 Å². The van der Waals surface area contributed by atoms with Crippen molar-refractivity contribution in [2.45, 2.75) is 38.5 Å². The first-order valence-corrected chi connectivity index (χ1v) is 6.98. The van der Waals surface area contributed by atoms with Gasteiger partial charge in [0, 0.05) is 21.9 Å². The Morgan fingerprint density at radius 1 is 1.57 bits per heavy atom. The molecule has 3 heteroatoms. The van der Waals surface area contributed by atoms with E-state index in [1.807, 2.05) is 11.8 Å². The smallest absolute Gasteiger partial charge is 0.0395 e. The minimum absolute atomic E-state index is 0.207. The van der Waals surface area contributed by atoms with Crippen LogP contribution in [0.2, 0.25) is 0 Å². The van der Waals surface area contributed by atoms with Crippen LogP contribution in [-0.4, -0.2) is 11.0 Å². The Labute approximate surface area is 95.1 Å². The summed E-state index contributed by atoms with van der Waals surface area (Å²) >= 11 is 3.75. The van der Waals surface area contributed by atoms with Gasteiger partial charge in [0.15, 0.2) is 0 Å². The summed E-state index contributed by atoms with van der Waals surface area (Å²) in [6, 6.07) is 2.41. The first-order chi connectivity index (χ1) is 6.63. The largest absolute Gasteiger partial charge is 0.323 e. The molecule has 1 heterocycles. The van der Waals surface area contributed by atoms with Crippen LogP contribution in [0, 0.1) is 6.92 Å². The van der Waals surface area contributed by atoms with Gasteiger partial charge in [0.25, 0.3) is 0 Å². The Morgan fingerprint density at radius 3 is 2.79 bits per heavy atom. The molecule has 0 spiro atoms. The molecule has 1 nitrogen and oxygen atoms in total. The van der Waals surface area contributed by atoms with Gasteiger partial charge in [-0.1, -0.05) is 13.8 Å². The second kappa shape index (κ2) is 5.79. The van der Waals surface area contributed by atoms with Gasteiger partial charge in [0.05, 0.1) is 0 Å². The van der Waals surface area contributed by atoms with Crippen LogP contribution >= 0.6 is 23.1 Å². The Bertz CT molecular complexity index is 270. The summed E-state index contributed by atoms with van der Waals surface area (Å²) in [6.07, 6.45) is 1.22. The van der Waals surface area contributed by atoms with E-state index in [1.54, 1.807) is 11.3 Å². The zero-order valence-electron chi connectivity index (χ0n) is 9.12. The summed E-state index contributed by atoms with van der Waals surface area (Å²) in [6.45, 7) is 6.61. The van der Waals surface area contributed by atoms with E-state index in [0.717, 1.165) is 11.0 Å². The fourth-order valence-corrected chi connectivity index (χ4v) is 2.87. The molecule has 0 aliphatic carbocycles. The summed E-state index contributed by atoms with van der Waals surface area (Å²) < 4.78 is 0. The van der Waals surface area contributed by atoms with Gasteiger partial charge in [0.1, 0.15) is 0 Å². The number of hydrogen-bond donors (Lipinski definition) is 1. The van der Waals surface area contributed by atoms with Crippen molar-refractivity contribution in [1.82, 2.24) is 0 Å². The Balaban J connectivity index is 2.39. The van der Waals surface area contributed by atoms with Gasteiger partial charge in [-0.2, -0.15) is 11.8 Å². The summed E-state index contributed by atoms with van der Waals surface area (Å²) in [5, 5.41) is 2.90. The average molecular weight is 229 g/mol. The van der Waals surface area contributed by atoms with Gasteiger partial charge in [0.2, 0.25) is 0 Å². The number of thiophene rings is 1. The highest BCUT2D eigenvalue weighted by molar-refractivity contribution is 7.99. The molecule has 0 saturated carbocycles. The van der Waals surface area contributed by atoms with Gasteiger partial charge >= 0.3 is 0 Å². The topological polar surface area (TPSA) is 26.0 Å². The third-order valence-corrected chi connectivity index (χ3v) is 4.65. The molecule has 0 aromatic carbocycles. The first kappa shape index (κ1) is 12.1. The average Bonchev–Trinajstić information content (AvgIpc) is 2.60. The fourth-order valence-electron chi connectivity index (χ4n) is 1.14. The van der Waals surface area contributed by atoms with E-state index in [0.29, 0.717) is 0 Å². The Kier molecular flexibility index (Phi) is 4.99. The second-order valence-electron chi connectivity index (χ2n) is 3.65. The Morgan fingerprint density at radius 2 is 2.29 bits per heavy atom. The summed E-state index contributed by atoms with van der Waals surface area (Å²) in [5.41, 5.74) is 7.39. The molecule has 80 valence electrons. The number of rotatable bonds is 5. The lowest BCUT2D eigenvalue weighted by molar-refractivity contribution is 0.824. The number of thioether (sulfide) groups is 1. The molecule has 2 N–H and O–H groups in total. The molecule has 0 aliphatic rings. The summed E-state index contributed by atoms with van der Waals surface area (Å²) in [4.78, 5) is 1.35. The van der Waals surface area contributed by atoms with Crippen molar-refractivity contribution in [2.24, 2.45) is 5.73 Å². The molecule has 0 saturated heterocycles. The molecule has 0 amide bonds. The normalized spacial score (nSPS) is 15.4. The third-order valence-electron chi connectivity index (χ3n) is 2.31. The standard InChI is InChI=1S/C11H19NS2/c1-4-8(2)14-7-11(12)10-5-9(3)13-6-10/h5-6,8,11H,4,7,12H2,1-3H3. The van der Waals surface area contributed by atoms with Crippen molar-refractivity contribution in [3.63, 3.8) is 0 Å². The highest BCUT2D eigenvalue weighted by atomic mass is 32.2. The van der Waals surface area contributed by atoms with Crippen molar-refractivity contribution >= 4 is 23.1 Å². The molecule has 1 aromatic heterocycles. The zero-order chi connectivity index (χ0) is 10.6. The number of aryl methyl sites for hydroxylation is 1. The number of hydrogen-bond acceptors (Lipinski definition) is 3. The van der Waals surface area contributed by atoms with Crippen molar-refractivity contribution in [3.8, 4) is 0 Å². The molecule has 2 atom stereocenters. The molecule has 2 unspecified atom stereocenters. The second-order valence-corrected chi connectivity index (χ2v) is 6.24. The molecule has 1 aromatic rings. The number of nitrogens with two attached hydrogens (primary N) is 1. The molecule has 0 bridgehead atoms. The van der Waals surface area contributed by atoms with Crippen LogP contribution < -0.4 is 5.73 Å².